The number of carbonyl (C=O) groups is 1. The summed E-state index contributed by atoms with van der Waals surface area (Å²) in [6, 6.07) is 1.51. The molecule has 3 rings (SSSR count). The molecule has 1 aliphatic heterocycles. The van der Waals surface area contributed by atoms with E-state index in [1.807, 2.05) is 6.92 Å². The van der Waals surface area contributed by atoms with Crippen molar-refractivity contribution in [2.45, 2.75) is 31.1 Å². The third-order valence-corrected chi connectivity index (χ3v) is 7.42. The Morgan fingerprint density at radius 3 is 2.70 bits per heavy atom. The fourth-order valence-corrected chi connectivity index (χ4v) is 5.95. The number of amides is 1. The highest BCUT2D eigenvalue weighted by molar-refractivity contribution is 7.89. The topological polar surface area (TPSA) is 79.4 Å². The first-order valence-corrected chi connectivity index (χ1v) is 10.4. The lowest BCUT2D eigenvalue weighted by Gasteiger charge is -2.25. The molecule has 3 heterocycles. The summed E-state index contributed by atoms with van der Waals surface area (Å²) in [5, 5.41) is 4.79. The zero-order valence-corrected chi connectivity index (χ0v) is 15.1. The van der Waals surface area contributed by atoms with Crippen molar-refractivity contribution >= 4 is 43.7 Å². The number of anilines is 1. The van der Waals surface area contributed by atoms with Crippen molar-refractivity contribution in [3.63, 3.8) is 0 Å². The molecule has 2 aromatic heterocycles. The number of hydrogen-bond acceptors (Lipinski definition) is 6. The van der Waals surface area contributed by atoms with Gasteiger partial charge in [0.25, 0.3) is 5.91 Å². The van der Waals surface area contributed by atoms with Gasteiger partial charge >= 0.3 is 0 Å². The Kier molecular flexibility index (Phi) is 4.81. The summed E-state index contributed by atoms with van der Waals surface area (Å²) in [4.78, 5) is 17.8. The van der Waals surface area contributed by atoms with Gasteiger partial charge < -0.3 is 0 Å². The molecule has 1 aliphatic rings. The highest BCUT2D eigenvalue weighted by Gasteiger charge is 2.31. The Morgan fingerprint density at radius 1 is 1.30 bits per heavy atom. The number of aryl methyl sites for hydroxylation is 1. The normalized spacial score (nSPS) is 16.4. The van der Waals surface area contributed by atoms with Crippen molar-refractivity contribution < 1.29 is 13.2 Å². The lowest BCUT2D eigenvalue weighted by Crippen LogP contribution is -2.36. The van der Waals surface area contributed by atoms with Gasteiger partial charge in [0, 0.05) is 24.2 Å². The summed E-state index contributed by atoms with van der Waals surface area (Å²) in [7, 11) is -3.62. The zero-order valence-electron chi connectivity index (χ0n) is 12.6. The van der Waals surface area contributed by atoms with Crippen LogP contribution in [0.4, 0.5) is 5.13 Å². The number of nitrogens with one attached hydrogen (secondary N) is 1. The van der Waals surface area contributed by atoms with Gasteiger partial charge in [-0.2, -0.15) is 4.31 Å². The molecule has 0 aromatic carbocycles. The van der Waals surface area contributed by atoms with E-state index in [1.165, 1.54) is 21.7 Å². The molecule has 0 saturated carbocycles. The third kappa shape index (κ3) is 3.47. The smallest absolute Gasteiger partial charge is 0.268 e. The largest absolute Gasteiger partial charge is 0.297 e. The van der Waals surface area contributed by atoms with E-state index in [0.717, 1.165) is 35.5 Å². The monoisotopic (exact) mass is 371 g/mol. The summed E-state index contributed by atoms with van der Waals surface area (Å²) in [5.41, 5.74) is 0. The molecule has 1 N–H and O–H groups in total. The molecule has 0 spiro atoms. The lowest BCUT2D eigenvalue weighted by atomic mass is 10.2. The van der Waals surface area contributed by atoms with Crippen LogP contribution >= 0.6 is 22.7 Å². The molecule has 0 bridgehead atoms. The molecule has 0 radical (unpaired) electrons. The maximum Gasteiger partial charge on any atom is 0.268 e. The van der Waals surface area contributed by atoms with E-state index in [1.54, 1.807) is 11.6 Å². The second kappa shape index (κ2) is 6.68. The van der Waals surface area contributed by atoms with E-state index < -0.39 is 15.9 Å². The minimum atomic E-state index is -3.62. The van der Waals surface area contributed by atoms with E-state index in [4.69, 9.17) is 0 Å². The number of hydrogen-bond donors (Lipinski definition) is 1. The SMILES string of the molecule is Cc1cnc(NC(=O)c2sccc2S(=O)(=O)N2CCCCC2)s1. The van der Waals surface area contributed by atoms with Crippen LogP contribution in [0, 0.1) is 6.92 Å². The maximum absolute atomic E-state index is 12.8. The van der Waals surface area contributed by atoms with E-state index >= 15 is 0 Å². The van der Waals surface area contributed by atoms with E-state index in [-0.39, 0.29) is 9.77 Å². The van der Waals surface area contributed by atoms with Crippen LogP contribution in [0.2, 0.25) is 0 Å². The number of thiazole rings is 1. The summed E-state index contributed by atoms with van der Waals surface area (Å²) < 4.78 is 27.0. The fraction of sp³-hybridized carbons (Fsp3) is 0.429. The highest BCUT2D eigenvalue weighted by Crippen LogP contribution is 2.28. The second-order valence-electron chi connectivity index (χ2n) is 5.31. The number of rotatable bonds is 4. The first-order chi connectivity index (χ1) is 11.0. The van der Waals surface area contributed by atoms with Gasteiger partial charge in [0.15, 0.2) is 5.13 Å². The Morgan fingerprint density at radius 2 is 2.04 bits per heavy atom. The van der Waals surface area contributed by atoms with Crippen LogP contribution in [-0.2, 0) is 10.0 Å². The van der Waals surface area contributed by atoms with Crippen LogP contribution in [-0.4, -0.2) is 36.7 Å². The van der Waals surface area contributed by atoms with E-state index in [0.29, 0.717) is 18.2 Å². The summed E-state index contributed by atoms with van der Waals surface area (Å²) in [5.74, 6) is -0.426. The first-order valence-electron chi connectivity index (χ1n) is 7.30. The molecule has 6 nitrogen and oxygen atoms in total. The quantitative estimate of drug-likeness (QED) is 0.896. The van der Waals surface area contributed by atoms with Crippen molar-refractivity contribution in [3.8, 4) is 0 Å². The predicted molar refractivity (Wildman–Crippen MR) is 91.7 cm³/mol. The molecule has 0 aliphatic carbocycles. The van der Waals surface area contributed by atoms with Gasteiger partial charge in [-0.1, -0.05) is 6.42 Å². The number of carbonyl (C=O) groups excluding carboxylic acids is 1. The zero-order chi connectivity index (χ0) is 16.4. The third-order valence-electron chi connectivity index (χ3n) is 3.61. The van der Waals surface area contributed by atoms with Gasteiger partial charge in [-0.25, -0.2) is 13.4 Å². The summed E-state index contributed by atoms with van der Waals surface area (Å²) in [6.45, 7) is 2.93. The van der Waals surface area contributed by atoms with Crippen LogP contribution < -0.4 is 5.32 Å². The molecular weight excluding hydrogens is 354 g/mol. The number of sulfonamides is 1. The Labute approximate surface area is 143 Å². The molecule has 1 saturated heterocycles. The molecule has 23 heavy (non-hydrogen) atoms. The van der Waals surface area contributed by atoms with Crippen molar-refractivity contribution in [1.29, 1.82) is 0 Å². The minimum Gasteiger partial charge on any atom is -0.297 e. The summed E-state index contributed by atoms with van der Waals surface area (Å²) in [6.07, 6.45) is 4.44. The molecule has 1 fully saturated rings. The van der Waals surface area contributed by atoms with E-state index in [2.05, 4.69) is 10.3 Å². The summed E-state index contributed by atoms with van der Waals surface area (Å²) >= 11 is 2.49. The van der Waals surface area contributed by atoms with Crippen LogP contribution in [0.3, 0.4) is 0 Å². The van der Waals surface area contributed by atoms with Gasteiger partial charge in [0.2, 0.25) is 10.0 Å². The standard InChI is InChI=1S/C14H17N3O3S3/c1-10-9-15-14(22-10)16-13(18)12-11(5-8-21-12)23(19,20)17-6-3-2-4-7-17/h5,8-9H,2-4,6-7H2,1H3,(H,15,16,18). The molecule has 0 unspecified atom stereocenters. The average Bonchev–Trinajstić information content (AvgIpc) is 3.17. The number of piperidine rings is 1. The van der Waals surface area contributed by atoms with Crippen molar-refractivity contribution in [2.24, 2.45) is 0 Å². The van der Waals surface area contributed by atoms with Crippen molar-refractivity contribution in [3.05, 3.63) is 27.4 Å². The highest BCUT2D eigenvalue weighted by atomic mass is 32.2. The molecule has 9 heteroatoms. The molecule has 124 valence electrons. The van der Waals surface area contributed by atoms with E-state index in [9.17, 15) is 13.2 Å². The van der Waals surface area contributed by atoms with Gasteiger partial charge in [-0.3, -0.25) is 10.1 Å². The van der Waals surface area contributed by atoms with Crippen molar-refractivity contribution in [2.75, 3.05) is 18.4 Å². The van der Waals surface area contributed by atoms with Crippen LogP contribution in [0.1, 0.15) is 33.8 Å². The van der Waals surface area contributed by atoms with Gasteiger partial charge in [0.1, 0.15) is 9.77 Å². The molecule has 1 amide bonds. The first kappa shape index (κ1) is 16.6. The Hall–Kier alpha value is -1.29. The van der Waals surface area contributed by atoms with Gasteiger partial charge in [0.05, 0.1) is 0 Å². The lowest BCUT2D eigenvalue weighted by molar-refractivity contribution is 0.102. The maximum atomic E-state index is 12.8. The fourth-order valence-electron chi connectivity index (χ4n) is 2.48. The Bertz CT molecular complexity index is 804. The molecular formula is C14H17N3O3S3. The molecule has 2 aromatic rings. The van der Waals surface area contributed by atoms with Crippen molar-refractivity contribution in [1.82, 2.24) is 9.29 Å². The second-order valence-corrected chi connectivity index (χ2v) is 9.37. The van der Waals surface area contributed by atoms with Crippen LogP contribution in [0.15, 0.2) is 22.5 Å². The molecule has 0 atom stereocenters. The average molecular weight is 372 g/mol. The van der Waals surface area contributed by atoms with Gasteiger partial charge in [-0.15, -0.1) is 22.7 Å². The number of aromatic nitrogens is 1. The van der Waals surface area contributed by atoms with Crippen LogP contribution in [0.25, 0.3) is 0 Å². The number of nitrogens with zero attached hydrogens (tertiary/aromatic N) is 2. The van der Waals surface area contributed by atoms with Gasteiger partial charge in [-0.05, 0) is 31.2 Å². The van der Waals surface area contributed by atoms with Crippen LogP contribution in [0.5, 0.6) is 0 Å². The predicted octanol–water partition coefficient (Wildman–Crippen LogP) is 2.94. The number of thiophene rings is 1. The Balaban J connectivity index is 1.85. The minimum absolute atomic E-state index is 0.0928.